The average molecular weight is 345 g/mol. The average Bonchev–Trinajstić information content (AvgIpc) is 3.25. The van der Waals surface area contributed by atoms with Gasteiger partial charge >= 0.3 is 0 Å². The number of fused-ring (bicyclic) bond motifs is 1. The molecule has 1 aliphatic rings. The second-order valence-electron chi connectivity index (χ2n) is 5.15. The molecule has 3 aromatic heterocycles. The Morgan fingerprint density at radius 3 is 2.81 bits per heavy atom. The maximum absolute atomic E-state index is 5.45. The van der Waals surface area contributed by atoms with Gasteiger partial charge in [0.05, 0.1) is 19.0 Å². The van der Waals surface area contributed by atoms with Crippen LogP contribution in [0.15, 0.2) is 35.1 Å². The maximum atomic E-state index is 5.45. The minimum Gasteiger partial charge on any atom is -0.495 e. The predicted molar refractivity (Wildman–Crippen MR) is 82.4 cm³/mol. The topological polar surface area (TPSA) is 52.3 Å². The summed E-state index contributed by atoms with van der Waals surface area (Å²) in [6, 6.07) is 7.72. The molecular weight excluding hydrogens is 332 g/mol. The van der Waals surface area contributed by atoms with Gasteiger partial charge in [-0.3, -0.25) is 0 Å². The van der Waals surface area contributed by atoms with Gasteiger partial charge < -0.3 is 4.74 Å². The van der Waals surface area contributed by atoms with Crippen LogP contribution in [0.5, 0.6) is 5.75 Å². The second-order valence-corrected chi connectivity index (χ2v) is 5.96. The first-order valence-corrected chi connectivity index (χ1v) is 7.61. The van der Waals surface area contributed by atoms with Crippen LogP contribution in [-0.2, 0) is 0 Å². The largest absolute Gasteiger partial charge is 0.495 e. The van der Waals surface area contributed by atoms with Crippen LogP contribution in [0.3, 0.4) is 0 Å². The minimum atomic E-state index is 0.527. The number of rotatable bonds is 3. The summed E-state index contributed by atoms with van der Waals surface area (Å²) >= 11 is 3.38. The van der Waals surface area contributed by atoms with Crippen molar-refractivity contribution in [1.29, 1.82) is 0 Å². The molecule has 0 amide bonds. The zero-order valence-electron chi connectivity index (χ0n) is 11.5. The van der Waals surface area contributed by atoms with Gasteiger partial charge in [0.2, 0.25) is 0 Å². The lowest BCUT2D eigenvalue weighted by molar-refractivity contribution is 0.405. The van der Waals surface area contributed by atoms with E-state index in [-0.39, 0.29) is 0 Å². The van der Waals surface area contributed by atoms with Crippen LogP contribution in [0.4, 0.5) is 0 Å². The van der Waals surface area contributed by atoms with E-state index >= 15 is 0 Å². The van der Waals surface area contributed by atoms with E-state index in [1.54, 1.807) is 7.11 Å². The van der Waals surface area contributed by atoms with E-state index in [4.69, 9.17) is 4.74 Å². The lowest BCUT2D eigenvalue weighted by atomic mass is 10.2. The fraction of sp³-hybridized carbons (Fsp3) is 0.267. The highest BCUT2D eigenvalue weighted by atomic mass is 79.9. The number of nitrogens with zero attached hydrogens (tertiary/aromatic N) is 4. The first-order valence-electron chi connectivity index (χ1n) is 6.82. The highest BCUT2D eigenvalue weighted by molar-refractivity contribution is 9.10. The van der Waals surface area contributed by atoms with E-state index in [1.165, 1.54) is 12.8 Å². The third kappa shape index (κ3) is 2.29. The van der Waals surface area contributed by atoms with E-state index in [1.807, 2.05) is 35.0 Å². The Bertz CT molecular complexity index is 826. The quantitative estimate of drug-likeness (QED) is 0.683. The minimum absolute atomic E-state index is 0.527. The smallest absolute Gasteiger partial charge is 0.157 e. The van der Waals surface area contributed by atoms with Crippen molar-refractivity contribution in [2.45, 2.75) is 18.8 Å². The number of ether oxygens (including phenoxy) is 1. The van der Waals surface area contributed by atoms with Gasteiger partial charge in [-0.2, -0.15) is 5.10 Å². The molecular formula is C15H13BrN4O. The fourth-order valence-corrected chi connectivity index (χ4v) is 2.74. The van der Waals surface area contributed by atoms with Gasteiger partial charge in [-0.1, -0.05) is 6.07 Å². The lowest BCUT2D eigenvalue weighted by Crippen LogP contribution is -2.00. The summed E-state index contributed by atoms with van der Waals surface area (Å²) in [7, 11) is 1.68. The van der Waals surface area contributed by atoms with Crippen LogP contribution in [0.25, 0.3) is 17.0 Å². The SMILES string of the molecule is COc1cc2nc(-c3cccc(Br)n3)cn2nc1C1CC1. The molecule has 0 saturated heterocycles. The summed E-state index contributed by atoms with van der Waals surface area (Å²) in [5, 5.41) is 4.67. The fourth-order valence-electron chi connectivity index (χ4n) is 2.40. The monoisotopic (exact) mass is 344 g/mol. The Morgan fingerprint density at radius 2 is 2.10 bits per heavy atom. The lowest BCUT2D eigenvalue weighted by Gasteiger charge is -2.06. The molecule has 4 rings (SSSR count). The number of hydrogen-bond donors (Lipinski definition) is 0. The molecule has 0 N–H and O–H groups in total. The van der Waals surface area contributed by atoms with Crippen LogP contribution in [-0.4, -0.2) is 26.7 Å². The van der Waals surface area contributed by atoms with Gasteiger partial charge in [0.1, 0.15) is 21.7 Å². The molecule has 3 heterocycles. The van der Waals surface area contributed by atoms with Gasteiger partial charge in [0, 0.05) is 12.0 Å². The van der Waals surface area contributed by atoms with E-state index in [9.17, 15) is 0 Å². The Morgan fingerprint density at radius 1 is 1.24 bits per heavy atom. The molecule has 0 bridgehead atoms. The Balaban J connectivity index is 1.86. The zero-order valence-corrected chi connectivity index (χ0v) is 13.0. The molecule has 106 valence electrons. The van der Waals surface area contributed by atoms with Gasteiger partial charge in [0.25, 0.3) is 0 Å². The van der Waals surface area contributed by atoms with Crippen molar-refractivity contribution in [3.63, 3.8) is 0 Å². The van der Waals surface area contributed by atoms with Crippen LogP contribution in [0.2, 0.25) is 0 Å². The molecule has 0 spiro atoms. The number of hydrogen-bond acceptors (Lipinski definition) is 4. The molecule has 0 unspecified atom stereocenters. The summed E-state index contributed by atoms with van der Waals surface area (Å²) in [4.78, 5) is 9.02. The summed E-state index contributed by atoms with van der Waals surface area (Å²) in [6.45, 7) is 0. The second kappa shape index (κ2) is 4.80. The van der Waals surface area contributed by atoms with Gasteiger partial charge in [-0.25, -0.2) is 14.5 Å². The Hall–Kier alpha value is -1.95. The van der Waals surface area contributed by atoms with Crippen LogP contribution in [0, 0.1) is 0 Å². The third-order valence-electron chi connectivity index (χ3n) is 3.60. The highest BCUT2D eigenvalue weighted by Crippen LogP contribution is 2.43. The standard InChI is InChI=1S/C15H13BrN4O/c1-21-12-7-14-18-11(10-3-2-4-13(16)17-10)8-20(14)19-15(12)9-5-6-9/h2-4,7-9H,5-6H2,1H3. The number of halogens is 1. The van der Waals surface area contributed by atoms with E-state index in [0.29, 0.717) is 5.92 Å². The normalized spacial score (nSPS) is 14.6. The number of imidazole rings is 1. The predicted octanol–water partition coefficient (Wildman–Crippen LogP) is 3.44. The van der Waals surface area contributed by atoms with Crippen molar-refractivity contribution in [2.24, 2.45) is 0 Å². The summed E-state index contributed by atoms with van der Waals surface area (Å²) in [5.41, 5.74) is 3.42. The van der Waals surface area contributed by atoms with Crippen LogP contribution >= 0.6 is 15.9 Å². The molecule has 3 aromatic rings. The number of aromatic nitrogens is 4. The molecule has 1 aliphatic carbocycles. The first-order chi connectivity index (χ1) is 10.2. The summed E-state index contributed by atoms with van der Waals surface area (Å²) in [5.74, 6) is 1.35. The molecule has 5 nitrogen and oxygen atoms in total. The molecule has 21 heavy (non-hydrogen) atoms. The maximum Gasteiger partial charge on any atom is 0.157 e. The first kappa shape index (κ1) is 12.8. The zero-order chi connectivity index (χ0) is 14.4. The molecule has 0 radical (unpaired) electrons. The molecule has 0 aliphatic heterocycles. The number of pyridine rings is 1. The van der Waals surface area contributed by atoms with E-state index < -0.39 is 0 Å². The molecule has 0 aromatic carbocycles. The van der Waals surface area contributed by atoms with Gasteiger partial charge in [-0.05, 0) is 40.9 Å². The van der Waals surface area contributed by atoms with Crippen molar-refractivity contribution < 1.29 is 4.74 Å². The molecule has 1 fully saturated rings. The Labute approximate surface area is 130 Å². The van der Waals surface area contributed by atoms with Crippen molar-refractivity contribution in [3.8, 4) is 17.1 Å². The van der Waals surface area contributed by atoms with Crippen molar-refractivity contribution in [2.75, 3.05) is 7.11 Å². The van der Waals surface area contributed by atoms with E-state index in [0.717, 1.165) is 33.1 Å². The van der Waals surface area contributed by atoms with Crippen molar-refractivity contribution in [3.05, 3.63) is 40.8 Å². The van der Waals surface area contributed by atoms with Crippen molar-refractivity contribution >= 4 is 21.6 Å². The van der Waals surface area contributed by atoms with Gasteiger partial charge in [-0.15, -0.1) is 0 Å². The van der Waals surface area contributed by atoms with E-state index in [2.05, 4.69) is 31.0 Å². The van der Waals surface area contributed by atoms with Crippen LogP contribution < -0.4 is 4.74 Å². The Kier molecular flexibility index (Phi) is 2.92. The number of methoxy groups -OCH3 is 1. The molecule has 6 heteroatoms. The third-order valence-corrected chi connectivity index (χ3v) is 4.05. The highest BCUT2D eigenvalue weighted by Gasteiger charge is 2.29. The molecule has 0 atom stereocenters. The molecule has 1 saturated carbocycles. The van der Waals surface area contributed by atoms with Crippen LogP contribution in [0.1, 0.15) is 24.5 Å². The van der Waals surface area contributed by atoms with Crippen molar-refractivity contribution in [1.82, 2.24) is 19.6 Å². The summed E-state index contributed by atoms with van der Waals surface area (Å²) < 4.78 is 8.06. The summed E-state index contributed by atoms with van der Waals surface area (Å²) in [6.07, 6.45) is 4.28. The van der Waals surface area contributed by atoms with Gasteiger partial charge in [0.15, 0.2) is 5.65 Å².